The summed E-state index contributed by atoms with van der Waals surface area (Å²) in [5, 5.41) is 0. The number of thiol groups is 1. The van der Waals surface area contributed by atoms with Crippen molar-refractivity contribution in [3.63, 3.8) is 0 Å². The van der Waals surface area contributed by atoms with E-state index in [1.54, 1.807) is 16.2 Å². The van der Waals surface area contributed by atoms with Gasteiger partial charge in [-0.2, -0.15) is 11.4 Å². The van der Waals surface area contributed by atoms with Gasteiger partial charge in [-0.15, -0.1) is 0 Å². The number of carbonyl (C=O) groups excluding carboxylic acids is 1. The van der Waals surface area contributed by atoms with Crippen molar-refractivity contribution >= 4 is 22.1 Å². The van der Waals surface area contributed by atoms with E-state index in [0.29, 0.717) is 17.7 Å². The summed E-state index contributed by atoms with van der Waals surface area (Å²) in [6.07, 6.45) is 6.60. The Morgan fingerprint density at radius 3 is 2.44 bits per heavy atom. The lowest BCUT2D eigenvalue weighted by atomic mass is 9.42. The molecule has 0 aromatic heterocycles. The van der Waals surface area contributed by atoms with Crippen LogP contribution in [0.25, 0.3) is 0 Å². The molecule has 4 aliphatic carbocycles. The first-order valence-corrected chi connectivity index (χ1v) is 14.6. The van der Waals surface area contributed by atoms with Crippen molar-refractivity contribution in [1.29, 1.82) is 0 Å². The van der Waals surface area contributed by atoms with Crippen molar-refractivity contribution in [2.45, 2.75) is 70.8 Å². The SMILES string of the molecule is CCN(C)CC[SH]=C1C2CC3(C(=O)N4CC[C@H](N)C(C)(C)C4)CC1CC(c1ccccc1)(C2)C3. The smallest absolute Gasteiger partial charge is 0.228 e. The fourth-order valence-corrected chi connectivity index (χ4v) is 9.50. The fraction of sp³-hybridized carbons (Fsp3) is 0.724. The number of hydrogen-bond acceptors (Lipinski definition) is 3. The van der Waals surface area contributed by atoms with Gasteiger partial charge in [-0.1, -0.05) is 51.1 Å². The van der Waals surface area contributed by atoms with Crippen molar-refractivity contribution in [2.75, 3.05) is 39.0 Å². The van der Waals surface area contributed by atoms with Gasteiger partial charge in [0.1, 0.15) is 0 Å². The number of piperidine rings is 1. The van der Waals surface area contributed by atoms with Crippen LogP contribution in [0.1, 0.15) is 64.9 Å². The number of nitrogens with zero attached hydrogens (tertiary/aromatic N) is 2. The van der Waals surface area contributed by atoms with Gasteiger partial charge < -0.3 is 15.5 Å². The Morgan fingerprint density at radius 1 is 1.15 bits per heavy atom. The predicted molar refractivity (Wildman–Crippen MR) is 146 cm³/mol. The molecule has 5 heteroatoms. The van der Waals surface area contributed by atoms with Gasteiger partial charge in [0.15, 0.2) is 0 Å². The lowest BCUT2D eigenvalue weighted by molar-refractivity contribution is -0.156. The summed E-state index contributed by atoms with van der Waals surface area (Å²) in [6.45, 7) is 10.6. The highest BCUT2D eigenvalue weighted by atomic mass is 32.1. The van der Waals surface area contributed by atoms with E-state index in [9.17, 15) is 4.79 Å². The molecule has 4 nitrogen and oxygen atoms in total. The van der Waals surface area contributed by atoms with Gasteiger partial charge in [0, 0.05) is 25.7 Å². The van der Waals surface area contributed by atoms with Crippen LogP contribution in [-0.2, 0) is 10.2 Å². The van der Waals surface area contributed by atoms with E-state index >= 15 is 0 Å². The number of nitrogens with two attached hydrogens (primary N) is 1. The molecule has 0 radical (unpaired) electrons. The Labute approximate surface area is 210 Å². The molecule has 3 atom stereocenters. The van der Waals surface area contributed by atoms with Crippen LogP contribution in [0.4, 0.5) is 0 Å². The van der Waals surface area contributed by atoms with Crippen LogP contribution in [0, 0.1) is 22.7 Å². The fourth-order valence-electron chi connectivity index (χ4n) is 7.91. The second-order valence-corrected chi connectivity index (χ2v) is 13.9. The molecular weight excluding hydrogens is 438 g/mol. The van der Waals surface area contributed by atoms with Crippen LogP contribution in [0.3, 0.4) is 0 Å². The number of likely N-dealkylation sites (tertiary alicyclic amines) is 1. The van der Waals surface area contributed by atoms with Crippen molar-refractivity contribution in [3.05, 3.63) is 35.9 Å². The first-order valence-electron chi connectivity index (χ1n) is 13.5. The van der Waals surface area contributed by atoms with Crippen molar-refractivity contribution in [2.24, 2.45) is 28.4 Å². The maximum Gasteiger partial charge on any atom is 0.228 e. The Bertz CT molecular complexity index is 924. The zero-order valence-corrected chi connectivity index (χ0v) is 22.6. The molecule has 188 valence electrons. The van der Waals surface area contributed by atoms with E-state index in [4.69, 9.17) is 5.73 Å². The Hall–Kier alpha value is -1.17. The lowest BCUT2D eigenvalue weighted by Crippen LogP contribution is -2.64. The monoisotopic (exact) mass is 483 g/mol. The summed E-state index contributed by atoms with van der Waals surface area (Å²) in [6, 6.07) is 11.4. The lowest BCUT2D eigenvalue weighted by Gasteiger charge is -2.63. The molecule has 0 spiro atoms. The van der Waals surface area contributed by atoms with Gasteiger partial charge in [0.25, 0.3) is 0 Å². The highest BCUT2D eigenvalue weighted by Gasteiger charge is 2.63. The highest BCUT2D eigenvalue weighted by molar-refractivity contribution is 7.98. The maximum atomic E-state index is 14.3. The van der Waals surface area contributed by atoms with Gasteiger partial charge in [-0.05, 0) is 91.0 Å². The number of hydrogen-bond donors (Lipinski definition) is 2. The summed E-state index contributed by atoms with van der Waals surface area (Å²) >= 11 is 1.54. The molecule has 1 saturated heterocycles. The van der Waals surface area contributed by atoms with Crippen LogP contribution in [0.15, 0.2) is 30.3 Å². The molecule has 34 heavy (non-hydrogen) atoms. The zero-order chi connectivity index (χ0) is 24.1. The standard InChI is InChI=1S/C29H45N3OS/c1-5-31(4)13-14-34-25-21-15-28(23-9-7-6-8-10-23)16-22(25)18-29(17-21,19-28)26(33)32-12-11-24(30)27(2,3)20-32/h6-10,21-22,24,34H,5,11-20,30H2,1-4H3/t21?,22?,24-,28?,29?/m0/s1. The third-order valence-electron chi connectivity index (χ3n) is 9.82. The molecule has 2 unspecified atom stereocenters. The molecule has 1 heterocycles. The molecule has 4 saturated carbocycles. The van der Waals surface area contributed by atoms with Gasteiger partial charge in [0.2, 0.25) is 5.91 Å². The van der Waals surface area contributed by atoms with Crippen molar-refractivity contribution in [1.82, 2.24) is 9.80 Å². The van der Waals surface area contributed by atoms with Crippen LogP contribution in [-0.4, -0.2) is 65.6 Å². The number of carbonyl (C=O) groups is 1. The minimum Gasteiger partial charge on any atom is -0.342 e. The minimum absolute atomic E-state index is 0.00543. The zero-order valence-electron chi connectivity index (χ0n) is 21.7. The van der Waals surface area contributed by atoms with E-state index in [1.165, 1.54) is 24.2 Å². The highest BCUT2D eigenvalue weighted by Crippen LogP contribution is 2.65. The molecule has 1 aromatic carbocycles. The van der Waals surface area contributed by atoms with E-state index in [-0.39, 0.29) is 22.3 Å². The van der Waals surface area contributed by atoms with Gasteiger partial charge in [-0.3, -0.25) is 4.79 Å². The van der Waals surface area contributed by atoms with Gasteiger partial charge in [-0.25, -0.2) is 0 Å². The molecule has 4 bridgehead atoms. The first kappa shape index (κ1) is 24.5. The predicted octanol–water partition coefficient (Wildman–Crippen LogP) is 4.31. The molecule has 6 rings (SSSR count). The molecule has 1 aliphatic heterocycles. The molecule has 5 fully saturated rings. The molecule has 1 amide bonds. The Morgan fingerprint density at radius 2 is 1.82 bits per heavy atom. The van der Waals surface area contributed by atoms with E-state index in [2.05, 4.69) is 68.0 Å². The Kier molecular flexibility index (Phi) is 6.52. The normalized spacial score (nSPS) is 36.4. The third kappa shape index (κ3) is 4.20. The minimum atomic E-state index is -0.182. The topological polar surface area (TPSA) is 49.6 Å². The largest absolute Gasteiger partial charge is 0.342 e. The second-order valence-electron chi connectivity index (χ2n) is 12.6. The summed E-state index contributed by atoms with van der Waals surface area (Å²) in [5.74, 6) is 2.87. The van der Waals surface area contributed by atoms with E-state index in [1.807, 2.05) is 0 Å². The molecule has 5 aliphatic rings. The quantitative estimate of drug-likeness (QED) is 0.468. The van der Waals surface area contributed by atoms with E-state index in [0.717, 1.165) is 51.9 Å². The number of rotatable bonds is 6. The summed E-state index contributed by atoms with van der Waals surface area (Å²) in [5.41, 5.74) is 7.89. The molecule has 2 N–H and O–H groups in total. The molecule has 1 aromatic rings. The number of amides is 1. The Balaban J connectivity index is 1.45. The second kappa shape index (κ2) is 9.05. The maximum absolute atomic E-state index is 14.3. The molecular formula is C29H45N3OS. The summed E-state index contributed by atoms with van der Waals surface area (Å²) in [7, 11) is 2.22. The van der Waals surface area contributed by atoms with Gasteiger partial charge >= 0.3 is 0 Å². The number of benzene rings is 1. The summed E-state index contributed by atoms with van der Waals surface area (Å²) in [4.78, 5) is 20.7. The van der Waals surface area contributed by atoms with Crippen LogP contribution < -0.4 is 5.73 Å². The van der Waals surface area contributed by atoms with Crippen LogP contribution in [0.5, 0.6) is 0 Å². The summed E-state index contributed by atoms with van der Waals surface area (Å²) < 4.78 is 0. The van der Waals surface area contributed by atoms with E-state index < -0.39 is 0 Å². The average Bonchev–Trinajstić information content (AvgIpc) is 2.82. The van der Waals surface area contributed by atoms with Crippen molar-refractivity contribution in [3.8, 4) is 0 Å². The van der Waals surface area contributed by atoms with Crippen molar-refractivity contribution < 1.29 is 4.79 Å². The van der Waals surface area contributed by atoms with Gasteiger partial charge in [0.05, 0.1) is 5.41 Å². The first-order chi connectivity index (χ1) is 16.2. The average molecular weight is 484 g/mol. The third-order valence-corrected chi connectivity index (χ3v) is 11.3. The van der Waals surface area contributed by atoms with Crippen LogP contribution >= 0.6 is 11.4 Å². The van der Waals surface area contributed by atoms with Crippen LogP contribution in [0.2, 0.25) is 0 Å².